The molecule has 3 aromatic rings. The number of rotatable bonds is 6. The van der Waals surface area contributed by atoms with Gasteiger partial charge in [-0.15, -0.1) is 0 Å². The van der Waals surface area contributed by atoms with E-state index in [9.17, 15) is 23.9 Å². The fourth-order valence-corrected chi connectivity index (χ4v) is 4.05. The second kappa shape index (κ2) is 9.48. The lowest BCUT2D eigenvalue weighted by molar-refractivity contribution is -0.0451. The Bertz CT molecular complexity index is 1270. The summed E-state index contributed by atoms with van der Waals surface area (Å²) in [7, 11) is 3.30. The van der Waals surface area contributed by atoms with Crippen LogP contribution in [-0.4, -0.2) is 45.6 Å². The van der Waals surface area contributed by atoms with E-state index in [4.69, 9.17) is 0 Å². The van der Waals surface area contributed by atoms with Gasteiger partial charge < -0.3 is 15.0 Å². The standard InChI is InChI=1S/C25H25FN4O4/c1-28-20(13-10-16-6-4-3-5-7-16)30-15-19(22(31)23(32)21(30)25(34)29(28)2)24(33)27-14-17-8-11-18(26)12-9-17/h3-9,11-12,15,20,32H,10,13-14H2,1-2H3,(H,27,33). The van der Waals surface area contributed by atoms with E-state index < -0.39 is 35.0 Å². The van der Waals surface area contributed by atoms with E-state index in [1.807, 2.05) is 30.3 Å². The molecule has 2 N–H and O–H groups in total. The number of carbonyl (C=O) groups excluding carboxylic acids is 2. The third-order valence-corrected chi connectivity index (χ3v) is 6.08. The summed E-state index contributed by atoms with van der Waals surface area (Å²) in [6.07, 6.45) is 2.14. The van der Waals surface area contributed by atoms with Crippen molar-refractivity contribution in [3.8, 4) is 5.75 Å². The lowest BCUT2D eigenvalue weighted by Crippen LogP contribution is -2.52. The molecule has 0 spiro atoms. The molecule has 0 radical (unpaired) electrons. The molecule has 0 fully saturated rings. The van der Waals surface area contributed by atoms with Crippen LogP contribution < -0.4 is 10.7 Å². The maximum atomic E-state index is 13.1. The van der Waals surface area contributed by atoms with Gasteiger partial charge in [-0.2, -0.15) is 5.01 Å². The Labute approximate surface area is 195 Å². The number of aromatic hydroxyl groups is 1. The van der Waals surface area contributed by atoms with E-state index in [0.29, 0.717) is 18.4 Å². The van der Waals surface area contributed by atoms with Crippen molar-refractivity contribution in [3.63, 3.8) is 0 Å². The Kier molecular flexibility index (Phi) is 6.47. The van der Waals surface area contributed by atoms with Crippen LogP contribution in [0.15, 0.2) is 65.6 Å². The fourth-order valence-electron chi connectivity index (χ4n) is 4.05. The number of nitrogens with one attached hydrogen (secondary N) is 1. The molecule has 1 unspecified atom stereocenters. The first-order valence-electron chi connectivity index (χ1n) is 10.8. The smallest absolute Gasteiger partial charge is 0.288 e. The number of aromatic nitrogens is 1. The van der Waals surface area contributed by atoms with E-state index in [-0.39, 0.29) is 17.8 Å². The van der Waals surface area contributed by atoms with E-state index in [1.165, 1.54) is 40.0 Å². The number of carbonyl (C=O) groups is 2. The number of nitrogens with zero attached hydrogens (tertiary/aromatic N) is 3. The van der Waals surface area contributed by atoms with Crippen LogP contribution in [0.2, 0.25) is 0 Å². The summed E-state index contributed by atoms with van der Waals surface area (Å²) in [5.74, 6) is -2.40. The molecular formula is C25H25FN4O4. The molecule has 176 valence electrons. The van der Waals surface area contributed by atoms with Gasteiger partial charge >= 0.3 is 0 Å². The van der Waals surface area contributed by atoms with E-state index >= 15 is 0 Å². The zero-order chi connectivity index (χ0) is 24.4. The Balaban J connectivity index is 1.66. The molecule has 0 aliphatic carbocycles. The molecule has 0 saturated heterocycles. The van der Waals surface area contributed by atoms with Gasteiger partial charge in [0.1, 0.15) is 17.5 Å². The molecule has 1 aliphatic rings. The quantitative estimate of drug-likeness (QED) is 0.585. The van der Waals surface area contributed by atoms with Crippen molar-refractivity contribution in [2.75, 3.05) is 14.1 Å². The summed E-state index contributed by atoms with van der Waals surface area (Å²) >= 11 is 0. The number of halogens is 1. The highest BCUT2D eigenvalue weighted by Gasteiger charge is 2.37. The molecule has 9 heteroatoms. The normalized spacial score (nSPS) is 15.8. The highest BCUT2D eigenvalue weighted by atomic mass is 19.1. The Morgan fingerprint density at radius 3 is 2.38 bits per heavy atom. The molecule has 8 nitrogen and oxygen atoms in total. The van der Waals surface area contributed by atoms with Crippen molar-refractivity contribution in [1.29, 1.82) is 0 Å². The molecule has 2 heterocycles. The van der Waals surface area contributed by atoms with Crippen LogP contribution in [0.25, 0.3) is 0 Å². The molecular weight excluding hydrogens is 439 g/mol. The highest BCUT2D eigenvalue weighted by Crippen LogP contribution is 2.31. The summed E-state index contributed by atoms with van der Waals surface area (Å²) < 4.78 is 14.6. The maximum absolute atomic E-state index is 13.1. The zero-order valence-electron chi connectivity index (χ0n) is 18.9. The maximum Gasteiger partial charge on any atom is 0.288 e. The second-order valence-corrected chi connectivity index (χ2v) is 8.19. The first-order chi connectivity index (χ1) is 16.3. The van der Waals surface area contributed by atoms with Gasteiger partial charge in [-0.05, 0) is 36.1 Å². The van der Waals surface area contributed by atoms with Gasteiger partial charge in [0, 0.05) is 26.8 Å². The number of fused-ring (bicyclic) bond motifs is 1. The molecule has 1 atom stereocenters. The lowest BCUT2D eigenvalue weighted by atomic mass is 10.1. The Morgan fingerprint density at radius 2 is 1.71 bits per heavy atom. The largest absolute Gasteiger partial charge is 0.503 e. The number of amides is 2. The van der Waals surface area contributed by atoms with Gasteiger partial charge in [-0.25, -0.2) is 4.39 Å². The monoisotopic (exact) mass is 464 g/mol. The molecule has 34 heavy (non-hydrogen) atoms. The predicted molar refractivity (Wildman–Crippen MR) is 124 cm³/mol. The van der Waals surface area contributed by atoms with Crippen LogP contribution in [-0.2, 0) is 13.0 Å². The summed E-state index contributed by atoms with van der Waals surface area (Å²) in [5.41, 5.74) is 0.391. The van der Waals surface area contributed by atoms with Crippen LogP contribution in [0.5, 0.6) is 5.75 Å². The van der Waals surface area contributed by atoms with Crippen molar-refractivity contribution in [3.05, 3.63) is 99.2 Å². The zero-order valence-corrected chi connectivity index (χ0v) is 18.9. The summed E-state index contributed by atoms with van der Waals surface area (Å²) in [6, 6.07) is 15.4. The SMILES string of the molecule is CN1C(=O)c2c(O)c(=O)c(C(=O)NCc3ccc(F)cc3)cn2C(CCc2ccccc2)N1C. The number of pyridine rings is 1. The summed E-state index contributed by atoms with van der Waals surface area (Å²) in [4.78, 5) is 38.5. The van der Waals surface area contributed by atoms with Gasteiger partial charge in [0.25, 0.3) is 11.8 Å². The third-order valence-electron chi connectivity index (χ3n) is 6.08. The molecule has 4 rings (SSSR count). The number of hydrogen-bond acceptors (Lipinski definition) is 5. The van der Waals surface area contributed by atoms with Gasteiger partial charge in [0.2, 0.25) is 5.43 Å². The summed E-state index contributed by atoms with van der Waals surface area (Å²) in [5, 5.41) is 16.3. The van der Waals surface area contributed by atoms with Gasteiger partial charge in [0.15, 0.2) is 11.4 Å². The Hall–Kier alpha value is -3.98. The number of hydrogen-bond donors (Lipinski definition) is 2. The highest BCUT2D eigenvalue weighted by molar-refractivity contribution is 5.98. The first kappa shape index (κ1) is 23.2. The molecule has 1 aromatic heterocycles. The average molecular weight is 464 g/mol. The van der Waals surface area contributed by atoms with E-state index in [1.54, 1.807) is 19.1 Å². The Morgan fingerprint density at radius 1 is 1.03 bits per heavy atom. The average Bonchev–Trinajstić information content (AvgIpc) is 2.84. The number of benzene rings is 2. The van der Waals surface area contributed by atoms with Crippen molar-refractivity contribution >= 4 is 11.8 Å². The molecule has 2 amide bonds. The van der Waals surface area contributed by atoms with E-state index in [2.05, 4.69) is 5.32 Å². The topological polar surface area (TPSA) is 94.9 Å². The minimum atomic E-state index is -0.920. The van der Waals surface area contributed by atoms with Gasteiger partial charge in [0.05, 0.1) is 0 Å². The van der Waals surface area contributed by atoms with Crippen molar-refractivity contribution in [1.82, 2.24) is 19.9 Å². The predicted octanol–water partition coefficient (Wildman–Crippen LogP) is 2.69. The van der Waals surface area contributed by atoms with Crippen LogP contribution >= 0.6 is 0 Å². The van der Waals surface area contributed by atoms with Crippen molar-refractivity contribution in [2.24, 2.45) is 0 Å². The first-order valence-corrected chi connectivity index (χ1v) is 10.8. The van der Waals surface area contributed by atoms with Crippen LogP contribution in [0.1, 0.15) is 44.6 Å². The minimum absolute atomic E-state index is 0.0695. The number of aryl methyl sites for hydroxylation is 1. The van der Waals surface area contributed by atoms with Crippen molar-refractivity contribution in [2.45, 2.75) is 25.6 Å². The molecule has 2 aromatic carbocycles. The van der Waals surface area contributed by atoms with Gasteiger partial charge in [-0.3, -0.25) is 19.4 Å². The molecule has 0 saturated carbocycles. The van der Waals surface area contributed by atoms with Gasteiger partial charge in [-0.1, -0.05) is 42.5 Å². The second-order valence-electron chi connectivity index (χ2n) is 8.19. The third kappa shape index (κ3) is 4.42. The van der Waals surface area contributed by atoms with E-state index in [0.717, 1.165) is 5.56 Å². The molecule has 1 aliphatic heterocycles. The number of hydrazine groups is 1. The van der Waals surface area contributed by atoms with Crippen LogP contribution in [0.4, 0.5) is 4.39 Å². The van der Waals surface area contributed by atoms with Crippen molar-refractivity contribution < 1.29 is 19.1 Å². The lowest BCUT2D eigenvalue weighted by Gasteiger charge is -2.42. The van der Waals surface area contributed by atoms with Crippen LogP contribution in [0.3, 0.4) is 0 Å². The minimum Gasteiger partial charge on any atom is -0.503 e. The summed E-state index contributed by atoms with van der Waals surface area (Å²) in [6.45, 7) is 0.0695. The fraction of sp³-hybridized carbons (Fsp3) is 0.240. The molecule has 0 bridgehead atoms. The van der Waals surface area contributed by atoms with Crippen LogP contribution in [0, 0.1) is 5.82 Å².